The van der Waals surface area contributed by atoms with E-state index in [1.807, 2.05) is 18.7 Å². The van der Waals surface area contributed by atoms with E-state index in [0.717, 1.165) is 19.5 Å². The summed E-state index contributed by atoms with van der Waals surface area (Å²) in [5, 5.41) is 6.32. The monoisotopic (exact) mass is 258 g/mol. The zero-order valence-electron chi connectivity index (χ0n) is 11.5. The van der Waals surface area contributed by atoms with E-state index in [0.29, 0.717) is 10.7 Å². The first-order valence-electron chi connectivity index (χ1n) is 6.55. The number of nitrogens with one attached hydrogen (secondary N) is 2. The van der Waals surface area contributed by atoms with Gasteiger partial charge in [0.2, 0.25) is 5.91 Å². The topological polar surface area (TPSA) is 41.1 Å². The molecule has 3 nitrogen and oxygen atoms in total. The first-order chi connectivity index (χ1) is 7.99. The molecule has 0 aromatic rings. The molecule has 2 N–H and O–H groups in total. The molecule has 4 heteroatoms. The Balaban J connectivity index is 2.14. The van der Waals surface area contributed by atoms with Crippen LogP contribution in [0.15, 0.2) is 0 Å². The van der Waals surface area contributed by atoms with E-state index < -0.39 is 0 Å². The van der Waals surface area contributed by atoms with Crippen LogP contribution in [0, 0.1) is 5.92 Å². The molecule has 1 aliphatic rings. The van der Waals surface area contributed by atoms with Crippen molar-refractivity contribution in [1.29, 1.82) is 0 Å². The highest BCUT2D eigenvalue weighted by molar-refractivity contribution is 8.00. The van der Waals surface area contributed by atoms with E-state index in [9.17, 15) is 4.79 Å². The molecule has 100 valence electrons. The van der Waals surface area contributed by atoms with Gasteiger partial charge in [-0.1, -0.05) is 13.8 Å². The van der Waals surface area contributed by atoms with E-state index in [4.69, 9.17) is 0 Å². The minimum Gasteiger partial charge on any atom is -0.355 e. The van der Waals surface area contributed by atoms with Crippen molar-refractivity contribution in [2.75, 3.05) is 19.3 Å². The molecule has 1 rings (SSSR count). The van der Waals surface area contributed by atoms with E-state index in [-0.39, 0.29) is 11.9 Å². The summed E-state index contributed by atoms with van der Waals surface area (Å²) in [6.07, 6.45) is 5.76. The summed E-state index contributed by atoms with van der Waals surface area (Å²) in [5.74, 6) is 0.771. The van der Waals surface area contributed by atoms with Crippen molar-refractivity contribution in [2.45, 2.75) is 50.8 Å². The van der Waals surface area contributed by atoms with Crippen molar-refractivity contribution in [2.24, 2.45) is 5.92 Å². The van der Waals surface area contributed by atoms with E-state index in [2.05, 4.69) is 30.7 Å². The van der Waals surface area contributed by atoms with Crippen LogP contribution in [-0.2, 0) is 4.79 Å². The lowest BCUT2D eigenvalue weighted by Crippen LogP contribution is -2.45. The second kappa shape index (κ2) is 6.64. The fraction of sp³-hybridized carbons (Fsp3) is 0.923. The second-order valence-electron chi connectivity index (χ2n) is 5.46. The molecule has 0 aliphatic heterocycles. The minimum absolute atomic E-state index is 0.0770. The summed E-state index contributed by atoms with van der Waals surface area (Å²) in [4.78, 5) is 11.8. The second-order valence-corrected chi connectivity index (χ2v) is 6.74. The minimum atomic E-state index is -0.0770. The number of hydrogen-bond donors (Lipinski definition) is 2. The molecule has 17 heavy (non-hydrogen) atoms. The van der Waals surface area contributed by atoms with Crippen LogP contribution >= 0.6 is 11.8 Å². The van der Waals surface area contributed by atoms with Gasteiger partial charge in [-0.05, 0) is 38.4 Å². The molecule has 0 aromatic carbocycles. The predicted molar refractivity (Wildman–Crippen MR) is 75.4 cm³/mol. The number of rotatable bonds is 8. The third-order valence-corrected chi connectivity index (χ3v) is 4.80. The third kappa shape index (κ3) is 5.30. The lowest BCUT2D eigenvalue weighted by Gasteiger charge is -2.18. The van der Waals surface area contributed by atoms with Crippen LogP contribution in [0.2, 0.25) is 0 Å². The molecule has 1 unspecified atom stereocenters. The van der Waals surface area contributed by atoms with E-state index in [1.165, 1.54) is 12.8 Å². The molecular weight excluding hydrogens is 232 g/mol. The zero-order chi connectivity index (χ0) is 12.9. The van der Waals surface area contributed by atoms with E-state index >= 15 is 0 Å². The Morgan fingerprint density at radius 2 is 2.00 bits per heavy atom. The molecule has 0 heterocycles. The van der Waals surface area contributed by atoms with Gasteiger partial charge < -0.3 is 10.6 Å². The van der Waals surface area contributed by atoms with E-state index in [1.54, 1.807) is 0 Å². The van der Waals surface area contributed by atoms with Crippen molar-refractivity contribution in [3.63, 3.8) is 0 Å². The van der Waals surface area contributed by atoms with Crippen molar-refractivity contribution < 1.29 is 4.79 Å². The van der Waals surface area contributed by atoms with Gasteiger partial charge in [0.15, 0.2) is 0 Å². The Labute approximate surface area is 109 Å². The highest BCUT2D eigenvalue weighted by Gasteiger charge is 2.41. The predicted octanol–water partition coefficient (Wildman–Crippen LogP) is 2.02. The summed E-state index contributed by atoms with van der Waals surface area (Å²) < 4.78 is 0.423. The number of carbonyl (C=O) groups is 1. The average molecular weight is 258 g/mol. The molecule has 1 amide bonds. The Kier molecular flexibility index (Phi) is 5.80. The van der Waals surface area contributed by atoms with Gasteiger partial charge in [-0.25, -0.2) is 0 Å². The number of thioether (sulfide) groups is 1. The van der Waals surface area contributed by atoms with Crippen LogP contribution in [0.25, 0.3) is 0 Å². The van der Waals surface area contributed by atoms with Crippen molar-refractivity contribution in [3.05, 3.63) is 0 Å². The maximum Gasteiger partial charge on any atom is 0.236 e. The molecule has 1 aliphatic carbocycles. The van der Waals surface area contributed by atoms with Crippen LogP contribution < -0.4 is 10.6 Å². The normalized spacial score (nSPS) is 19.1. The number of hydrogen-bond acceptors (Lipinski definition) is 3. The molecule has 0 spiro atoms. The quantitative estimate of drug-likeness (QED) is 0.700. The summed E-state index contributed by atoms with van der Waals surface area (Å²) >= 11 is 1.92. The lowest BCUT2D eigenvalue weighted by molar-refractivity contribution is -0.122. The Hall–Kier alpha value is -0.220. The molecular formula is C13H26N2OS. The Bertz CT molecular complexity index is 252. The standard InChI is InChI=1S/C13H26N2OS/c1-10(2)5-8-14-12(16)11(3)15-9-13(17-4)6-7-13/h10-11,15H,5-9H2,1-4H3,(H,14,16). The third-order valence-electron chi connectivity index (χ3n) is 3.39. The Morgan fingerprint density at radius 3 is 2.47 bits per heavy atom. The number of amides is 1. The average Bonchev–Trinajstić information content (AvgIpc) is 3.06. The van der Waals surface area contributed by atoms with Gasteiger partial charge in [0.1, 0.15) is 0 Å². The fourth-order valence-corrected chi connectivity index (χ4v) is 2.40. The van der Waals surface area contributed by atoms with Gasteiger partial charge in [-0.15, -0.1) is 0 Å². The van der Waals surface area contributed by atoms with Gasteiger partial charge in [-0.3, -0.25) is 4.79 Å². The van der Waals surface area contributed by atoms with Gasteiger partial charge in [0, 0.05) is 17.8 Å². The molecule has 0 saturated heterocycles. The number of carbonyl (C=O) groups excluding carboxylic acids is 1. The first kappa shape index (κ1) is 14.8. The molecule has 0 aromatic heterocycles. The van der Waals surface area contributed by atoms with Crippen LogP contribution in [0.1, 0.15) is 40.0 Å². The zero-order valence-corrected chi connectivity index (χ0v) is 12.3. The highest BCUT2D eigenvalue weighted by atomic mass is 32.2. The fourth-order valence-electron chi connectivity index (χ4n) is 1.66. The van der Waals surface area contributed by atoms with Crippen LogP contribution in [0.3, 0.4) is 0 Å². The van der Waals surface area contributed by atoms with Gasteiger partial charge in [-0.2, -0.15) is 11.8 Å². The molecule has 1 fully saturated rings. The molecule has 0 radical (unpaired) electrons. The molecule has 1 saturated carbocycles. The van der Waals surface area contributed by atoms with Gasteiger partial charge >= 0.3 is 0 Å². The van der Waals surface area contributed by atoms with Crippen molar-refractivity contribution >= 4 is 17.7 Å². The van der Waals surface area contributed by atoms with Crippen molar-refractivity contribution in [3.8, 4) is 0 Å². The highest BCUT2D eigenvalue weighted by Crippen LogP contribution is 2.46. The van der Waals surface area contributed by atoms with Crippen LogP contribution in [-0.4, -0.2) is 36.0 Å². The Morgan fingerprint density at radius 1 is 1.35 bits per heavy atom. The summed E-state index contributed by atoms with van der Waals surface area (Å²) in [6.45, 7) is 8.02. The summed E-state index contributed by atoms with van der Waals surface area (Å²) in [5.41, 5.74) is 0. The van der Waals surface area contributed by atoms with Crippen LogP contribution in [0.4, 0.5) is 0 Å². The van der Waals surface area contributed by atoms with Gasteiger partial charge in [0.25, 0.3) is 0 Å². The maximum absolute atomic E-state index is 11.8. The van der Waals surface area contributed by atoms with Crippen LogP contribution in [0.5, 0.6) is 0 Å². The summed E-state index contributed by atoms with van der Waals surface area (Å²) in [6, 6.07) is -0.0770. The largest absolute Gasteiger partial charge is 0.355 e. The SMILES string of the molecule is CSC1(CNC(C)C(=O)NCCC(C)C)CC1. The lowest BCUT2D eigenvalue weighted by atomic mass is 10.1. The smallest absolute Gasteiger partial charge is 0.236 e. The van der Waals surface area contributed by atoms with Gasteiger partial charge in [0.05, 0.1) is 6.04 Å². The molecule has 0 bridgehead atoms. The first-order valence-corrected chi connectivity index (χ1v) is 7.78. The molecule has 1 atom stereocenters. The maximum atomic E-state index is 11.8. The van der Waals surface area contributed by atoms with Crippen molar-refractivity contribution in [1.82, 2.24) is 10.6 Å². The summed E-state index contributed by atoms with van der Waals surface area (Å²) in [7, 11) is 0.